The van der Waals surface area contributed by atoms with Crippen LogP contribution in [0.25, 0.3) is 11.3 Å². The number of hydrogen-bond acceptors (Lipinski definition) is 5. The van der Waals surface area contributed by atoms with Gasteiger partial charge >= 0.3 is 0 Å². The maximum atomic E-state index is 12.8. The molecule has 0 radical (unpaired) electrons. The van der Waals surface area contributed by atoms with Crippen LogP contribution in [0, 0.1) is 12.3 Å². The number of ether oxygens (including phenoxy) is 2. The highest BCUT2D eigenvalue weighted by atomic mass is 16.5. The fourth-order valence-electron chi connectivity index (χ4n) is 3.95. The smallest absolute Gasteiger partial charge is 0.230 e. The Kier molecular flexibility index (Phi) is 6.66. The molecule has 6 heteroatoms. The third kappa shape index (κ3) is 4.89. The van der Waals surface area contributed by atoms with Crippen LogP contribution < -0.4 is 14.8 Å². The molecule has 4 rings (SSSR count). The van der Waals surface area contributed by atoms with Gasteiger partial charge < -0.3 is 14.8 Å². The largest absolute Gasteiger partial charge is 0.493 e. The van der Waals surface area contributed by atoms with E-state index in [0.29, 0.717) is 23.0 Å². The molecule has 0 aliphatic heterocycles. The van der Waals surface area contributed by atoms with Crippen molar-refractivity contribution in [1.82, 2.24) is 9.97 Å². The van der Waals surface area contributed by atoms with Crippen LogP contribution in [0.15, 0.2) is 48.8 Å². The molecule has 162 valence electrons. The zero-order valence-corrected chi connectivity index (χ0v) is 18.1. The predicted molar refractivity (Wildman–Crippen MR) is 124 cm³/mol. The van der Waals surface area contributed by atoms with Gasteiger partial charge in [-0.3, -0.25) is 9.78 Å². The van der Waals surface area contributed by atoms with Crippen LogP contribution in [0.4, 0.5) is 5.82 Å². The number of anilines is 1. The van der Waals surface area contributed by atoms with Crippen molar-refractivity contribution in [2.45, 2.75) is 32.1 Å². The van der Waals surface area contributed by atoms with Crippen molar-refractivity contribution in [2.24, 2.45) is 0 Å². The number of nitrogens with zero attached hydrogens (tertiary/aromatic N) is 2. The van der Waals surface area contributed by atoms with Crippen LogP contribution in [0.1, 0.15) is 29.5 Å². The van der Waals surface area contributed by atoms with Crippen molar-refractivity contribution in [2.75, 3.05) is 19.0 Å². The quantitative estimate of drug-likeness (QED) is 0.572. The first-order valence-electron chi connectivity index (χ1n) is 10.6. The summed E-state index contributed by atoms with van der Waals surface area (Å²) >= 11 is 0. The van der Waals surface area contributed by atoms with E-state index in [1.807, 2.05) is 12.1 Å². The molecule has 1 amide bonds. The number of fused-ring (bicyclic) bond motifs is 1. The molecular weight excluding hydrogens is 402 g/mol. The van der Waals surface area contributed by atoms with Crippen molar-refractivity contribution in [3.05, 3.63) is 65.5 Å². The number of amides is 1. The van der Waals surface area contributed by atoms with E-state index in [0.717, 1.165) is 24.0 Å². The molecule has 6 nitrogen and oxygen atoms in total. The van der Waals surface area contributed by atoms with E-state index in [2.05, 4.69) is 33.3 Å². The molecule has 0 spiro atoms. The Hall–Kier alpha value is -3.85. The van der Waals surface area contributed by atoms with Gasteiger partial charge in [0.25, 0.3) is 0 Å². The van der Waals surface area contributed by atoms with Crippen molar-refractivity contribution in [3.8, 4) is 35.1 Å². The van der Waals surface area contributed by atoms with Gasteiger partial charge in [-0.2, -0.15) is 0 Å². The van der Waals surface area contributed by atoms with E-state index in [-0.39, 0.29) is 18.9 Å². The van der Waals surface area contributed by atoms with Crippen molar-refractivity contribution >= 4 is 11.7 Å². The molecule has 2 aromatic carbocycles. The Morgan fingerprint density at radius 3 is 2.69 bits per heavy atom. The van der Waals surface area contributed by atoms with E-state index < -0.39 is 0 Å². The predicted octanol–water partition coefficient (Wildman–Crippen LogP) is 4.22. The molecule has 1 N–H and O–H groups in total. The second-order valence-corrected chi connectivity index (χ2v) is 7.65. The number of terminal acetylenes is 1. The molecule has 0 bridgehead atoms. The lowest BCUT2D eigenvalue weighted by Crippen LogP contribution is -2.17. The Balaban J connectivity index is 1.52. The number of hydrogen-bond donors (Lipinski definition) is 1. The van der Waals surface area contributed by atoms with Gasteiger partial charge in [0.2, 0.25) is 5.91 Å². The topological polar surface area (TPSA) is 73.3 Å². The number of aryl methyl sites for hydroxylation is 2. The number of methoxy groups -OCH3 is 1. The molecule has 1 aliphatic carbocycles. The molecule has 32 heavy (non-hydrogen) atoms. The lowest BCUT2D eigenvalue weighted by Gasteiger charge is -2.16. The van der Waals surface area contributed by atoms with Crippen LogP contribution in [-0.4, -0.2) is 29.6 Å². The van der Waals surface area contributed by atoms with E-state index in [9.17, 15) is 4.79 Å². The maximum Gasteiger partial charge on any atom is 0.230 e. The first-order chi connectivity index (χ1) is 15.7. The monoisotopic (exact) mass is 427 g/mol. The molecule has 1 heterocycles. The fourth-order valence-corrected chi connectivity index (χ4v) is 3.95. The molecule has 0 saturated carbocycles. The molecule has 0 atom stereocenters. The number of aromatic nitrogens is 2. The van der Waals surface area contributed by atoms with Crippen LogP contribution in [-0.2, 0) is 24.1 Å². The highest BCUT2D eigenvalue weighted by molar-refractivity contribution is 5.94. The van der Waals surface area contributed by atoms with Crippen LogP contribution in [0.3, 0.4) is 0 Å². The summed E-state index contributed by atoms with van der Waals surface area (Å²) in [5.41, 5.74) is 5.06. The lowest BCUT2D eigenvalue weighted by atomic mass is 9.90. The average Bonchev–Trinajstić information content (AvgIpc) is 2.83. The summed E-state index contributed by atoms with van der Waals surface area (Å²) < 4.78 is 10.9. The summed E-state index contributed by atoms with van der Waals surface area (Å²) in [6, 6.07) is 11.7. The molecule has 0 saturated heterocycles. The summed E-state index contributed by atoms with van der Waals surface area (Å²) in [5, 5.41) is 2.91. The highest BCUT2D eigenvalue weighted by Crippen LogP contribution is 2.34. The first kappa shape index (κ1) is 21.4. The summed E-state index contributed by atoms with van der Waals surface area (Å²) in [5.74, 6) is 3.76. The van der Waals surface area contributed by atoms with Crippen molar-refractivity contribution in [1.29, 1.82) is 0 Å². The van der Waals surface area contributed by atoms with Crippen LogP contribution >= 0.6 is 0 Å². The van der Waals surface area contributed by atoms with Crippen molar-refractivity contribution < 1.29 is 14.3 Å². The summed E-state index contributed by atoms with van der Waals surface area (Å²) in [6.07, 6.45) is 13.4. The Labute approximate surface area is 188 Å². The standard InChI is InChI=1S/C26H25N3O3/c1-3-14-32-22-11-10-21(17-23(22)31-2)25-26(28-13-12-27-25)29-24(30)16-18-8-9-19-6-4-5-7-20(19)15-18/h1,8-13,15,17H,4-7,14,16H2,2H3,(H,28,29,30). The minimum Gasteiger partial charge on any atom is -0.493 e. The average molecular weight is 428 g/mol. The zero-order valence-electron chi connectivity index (χ0n) is 18.1. The second kappa shape index (κ2) is 9.97. The minimum atomic E-state index is -0.136. The molecular formula is C26H25N3O3. The number of rotatable bonds is 7. The SMILES string of the molecule is C#CCOc1ccc(-c2nccnc2NC(=O)Cc2ccc3c(c2)CCCC3)cc1OC. The Morgan fingerprint density at radius 1 is 1.06 bits per heavy atom. The van der Waals surface area contributed by atoms with Gasteiger partial charge in [0.1, 0.15) is 12.3 Å². The van der Waals surface area contributed by atoms with E-state index in [1.165, 1.54) is 24.0 Å². The van der Waals surface area contributed by atoms with Gasteiger partial charge in [0.05, 0.1) is 13.5 Å². The van der Waals surface area contributed by atoms with Crippen molar-refractivity contribution in [3.63, 3.8) is 0 Å². The summed E-state index contributed by atoms with van der Waals surface area (Å²) in [4.78, 5) is 21.6. The third-order valence-corrected chi connectivity index (χ3v) is 5.48. The van der Waals surface area contributed by atoms with Gasteiger partial charge in [-0.1, -0.05) is 24.1 Å². The third-order valence-electron chi connectivity index (χ3n) is 5.48. The Morgan fingerprint density at radius 2 is 1.88 bits per heavy atom. The van der Waals surface area contributed by atoms with E-state index in [4.69, 9.17) is 15.9 Å². The van der Waals surface area contributed by atoms with Gasteiger partial charge in [-0.15, -0.1) is 6.42 Å². The molecule has 3 aromatic rings. The van der Waals surface area contributed by atoms with E-state index in [1.54, 1.807) is 31.6 Å². The number of carbonyl (C=O) groups is 1. The van der Waals surface area contributed by atoms with E-state index >= 15 is 0 Å². The van der Waals surface area contributed by atoms with Gasteiger partial charge in [-0.05, 0) is 60.6 Å². The first-order valence-corrected chi connectivity index (χ1v) is 10.6. The molecule has 1 aromatic heterocycles. The Bertz CT molecular complexity index is 1170. The van der Waals surface area contributed by atoms with Crippen LogP contribution in [0.5, 0.6) is 11.5 Å². The summed E-state index contributed by atoms with van der Waals surface area (Å²) in [6.45, 7) is 0.144. The van der Waals surface area contributed by atoms with Crippen LogP contribution in [0.2, 0.25) is 0 Å². The summed E-state index contributed by atoms with van der Waals surface area (Å²) in [7, 11) is 1.56. The minimum absolute atomic E-state index is 0.136. The van der Waals surface area contributed by atoms with Gasteiger partial charge in [0.15, 0.2) is 17.3 Å². The molecule has 0 fully saturated rings. The molecule has 1 aliphatic rings. The fraction of sp³-hybridized carbons (Fsp3) is 0.269. The van der Waals surface area contributed by atoms with Gasteiger partial charge in [-0.25, -0.2) is 4.98 Å². The second-order valence-electron chi connectivity index (χ2n) is 7.65. The number of nitrogens with one attached hydrogen (secondary N) is 1. The number of carbonyl (C=O) groups excluding carboxylic acids is 1. The lowest BCUT2D eigenvalue weighted by molar-refractivity contribution is -0.115. The van der Waals surface area contributed by atoms with Gasteiger partial charge in [0, 0.05) is 18.0 Å². The molecule has 0 unspecified atom stereocenters. The number of benzene rings is 2. The highest BCUT2D eigenvalue weighted by Gasteiger charge is 2.16. The zero-order chi connectivity index (χ0) is 22.3. The normalized spacial score (nSPS) is 12.4. The maximum absolute atomic E-state index is 12.8.